The van der Waals surface area contributed by atoms with Crippen molar-refractivity contribution >= 4 is 41.8 Å². The zero-order valence-electron chi connectivity index (χ0n) is 17.6. The molecule has 2 N–H and O–H groups in total. The Morgan fingerprint density at radius 3 is 2.57 bits per heavy atom. The molecule has 1 saturated heterocycles. The summed E-state index contributed by atoms with van der Waals surface area (Å²) in [5.41, 5.74) is 3.06. The molecule has 0 bridgehead atoms. The number of amides is 1. The second kappa shape index (κ2) is 9.42. The number of hydrogen-bond acceptors (Lipinski definition) is 4. The van der Waals surface area contributed by atoms with Crippen LogP contribution in [-0.2, 0) is 5.54 Å². The van der Waals surface area contributed by atoms with Gasteiger partial charge in [-0.3, -0.25) is 4.79 Å². The van der Waals surface area contributed by atoms with Crippen LogP contribution in [0.15, 0.2) is 6.07 Å². The van der Waals surface area contributed by atoms with Crippen molar-refractivity contribution in [3.05, 3.63) is 23.0 Å². The predicted molar refractivity (Wildman–Crippen MR) is 119 cm³/mol. The molecule has 2 aromatic heterocycles. The highest BCUT2D eigenvalue weighted by Crippen LogP contribution is 2.28. The summed E-state index contributed by atoms with van der Waals surface area (Å²) in [6, 6.07) is 2.31. The number of rotatable bonds is 4. The highest BCUT2D eigenvalue weighted by atomic mass is 35.5. The van der Waals surface area contributed by atoms with Gasteiger partial charge in [0.15, 0.2) is 5.65 Å². The van der Waals surface area contributed by atoms with Crippen LogP contribution in [0.3, 0.4) is 0 Å². The van der Waals surface area contributed by atoms with Crippen molar-refractivity contribution < 1.29 is 4.79 Å². The fraction of sp³-hybridized carbons (Fsp3) is 0.650. The summed E-state index contributed by atoms with van der Waals surface area (Å²) in [6.45, 7) is 14.2. The van der Waals surface area contributed by atoms with Crippen molar-refractivity contribution in [3.63, 3.8) is 0 Å². The van der Waals surface area contributed by atoms with Crippen molar-refractivity contribution in [1.82, 2.24) is 25.4 Å². The van der Waals surface area contributed by atoms with Crippen molar-refractivity contribution in [2.75, 3.05) is 13.1 Å². The zero-order chi connectivity index (χ0) is 19.1. The van der Waals surface area contributed by atoms with Gasteiger partial charge >= 0.3 is 0 Å². The van der Waals surface area contributed by atoms with Gasteiger partial charge in [0.1, 0.15) is 0 Å². The number of carbonyl (C=O) groups excluding carboxylic acids is 1. The standard InChI is InChI=1S/C20H31N5O.2ClH/c1-12(2)16-10-15(19(26)22-11-14-8-7-9-21-14)17-13(3)24-25(18(17)23-16)20(4,5)6;;/h10,12,14,21H,7-9,11H2,1-6H3,(H,22,26);2*1H. The molecule has 0 radical (unpaired) electrons. The topological polar surface area (TPSA) is 71.8 Å². The summed E-state index contributed by atoms with van der Waals surface area (Å²) in [4.78, 5) is 17.8. The van der Waals surface area contributed by atoms with Gasteiger partial charge in [-0.1, -0.05) is 13.8 Å². The number of carbonyl (C=O) groups is 1. The summed E-state index contributed by atoms with van der Waals surface area (Å²) >= 11 is 0. The Morgan fingerprint density at radius 2 is 2.04 bits per heavy atom. The van der Waals surface area contributed by atoms with Gasteiger partial charge in [-0.15, -0.1) is 24.8 Å². The summed E-state index contributed by atoms with van der Waals surface area (Å²) < 4.78 is 1.94. The Morgan fingerprint density at radius 1 is 1.36 bits per heavy atom. The number of halogens is 2. The Kier molecular flexibility index (Phi) is 8.30. The van der Waals surface area contributed by atoms with Crippen LogP contribution in [0.2, 0.25) is 0 Å². The summed E-state index contributed by atoms with van der Waals surface area (Å²) in [5, 5.41) is 12.1. The van der Waals surface area contributed by atoms with Crippen LogP contribution in [-0.4, -0.2) is 39.8 Å². The van der Waals surface area contributed by atoms with Gasteiger partial charge in [0.25, 0.3) is 5.91 Å². The molecule has 28 heavy (non-hydrogen) atoms. The van der Waals surface area contributed by atoms with Crippen LogP contribution >= 0.6 is 24.8 Å². The van der Waals surface area contributed by atoms with Gasteiger partial charge in [0.2, 0.25) is 0 Å². The third-order valence-corrected chi connectivity index (χ3v) is 4.98. The number of fused-ring (bicyclic) bond motifs is 1. The van der Waals surface area contributed by atoms with Crippen LogP contribution in [0.4, 0.5) is 0 Å². The normalized spacial score (nSPS) is 16.8. The fourth-order valence-electron chi connectivity index (χ4n) is 3.49. The number of nitrogens with one attached hydrogen (secondary N) is 2. The molecule has 158 valence electrons. The number of nitrogens with zero attached hydrogens (tertiary/aromatic N) is 3. The van der Waals surface area contributed by atoms with E-state index in [1.807, 2.05) is 17.7 Å². The molecule has 6 nitrogen and oxygen atoms in total. The largest absolute Gasteiger partial charge is 0.350 e. The van der Waals surface area contributed by atoms with Crippen LogP contribution in [0.5, 0.6) is 0 Å². The van der Waals surface area contributed by atoms with E-state index in [0.29, 0.717) is 18.2 Å². The smallest absolute Gasteiger partial charge is 0.252 e. The van der Waals surface area contributed by atoms with Crippen molar-refractivity contribution in [1.29, 1.82) is 0 Å². The lowest BCUT2D eigenvalue weighted by molar-refractivity contribution is 0.0951. The van der Waals surface area contributed by atoms with E-state index in [1.165, 1.54) is 6.42 Å². The lowest BCUT2D eigenvalue weighted by Crippen LogP contribution is -2.37. The lowest BCUT2D eigenvalue weighted by Gasteiger charge is -2.20. The molecule has 2 aromatic rings. The highest BCUT2D eigenvalue weighted by molar-refractivity contribution is 6.06. The van der Waals surface area contributed by atoms with Gasteiger partial charge in [0, 0.05) is 18.3 Å². The van der Waals surface area contributed by atoms with Crippen molar-refractivity contribution in [3.8, 4) is 0 Å². The monoisotopic (exact) mass is 429 g/mol. The first kappa shape index (κ1) is 24.7. The SMILES string of the molecule is Cc1nn(C(C)(C)C)c2nc(C(C)C)cc(C(=O)NCC3CCCN3)c12.Cl.Cl. The second-order valence-electron chi connectivity index (χ2n) is 8.62. The molecule has 1 amide bonds. The summed E-state index contributed by atoms with van der Waals surface area (Å²) in [6.07, 6.45) is 2.29. The molecule has 1 fully saturated rings. The van der Waals surface area contributed by atoms with Crippen LogP contribution < -0.4 is 10.6 Å². The minimum absolute atomic E-state index is 0. The number of aromatic nitrogens is 3. The maximum Gasteiger partial charge on any atom is 0.252 e. The molecule has 1 aliphatic heterocycles. The van der Waals surface area contributed by atoms with Crippen molar-refractivity contribution in [2.45, 2.75) is 71.9 Å². The third kappa shape index (κ3) is 4.97. The molecule has 1 unspecified atom stereocenters. The van der Waals surface area contributed by atoms with E-state index < -0.39 is 0 Å². The van der Waals surface area contributed by atoms with Crippen LogP contribution in [0, 0.1) is 6.92 Å². The number of pyridine rings is 1. The van der Waals surface area contributed by atoms with Gasteiger partial charge in [-0.2, -0.15) is 5.10 Å². The average Bonchev–Trinajstić information content (AvgIpc) is 3.19. The Hall–Kier alpha value is -1.37. The van der Waals surface area contributed by atoms with E-state index in [4.69, 9.17) is 10.1 Å². The number of aryl methyl sites for hydroxylation is 1. The molecular formula is C20H33Cl2N5O. The van der Waals surface area contributed by atoms with E-state index in [2.05, 4.69) is 45.3 Å². The number of hydrogen-bond donors (Lipinski definition) is 2. The molecule has 8 heteroatoms. The van der Waals surface area contributed by atoms with Crippen LogP contribution in [0.25, 0.3) is 11.0 Å². The Labute approximate surface area is 180 Å². The predicted octanol–water partition coefficient (Wildman–Crippen LogP) is 3.94. The molecule has 0 aromatic carbocycles. The highest BCUT2D eigenvalue weighted by Gasteiger charge is 2.25. The van der Waals surface area contributed by atoms with Gasteiger partial charge in [-0.25, -0.2) is 9.67 Å². The maximum absolute atomic E-state index is 13.0. The van der Waals surface area contributed by atoms with E-state index in [1.54, 1.807) is 0 Å². The second-order valence-corrected chi connectivity index (χ2v) is 8.62. The summed E-state index contributed by atoms with van der Waals surface area (Å²) in [7, 11) is 0. The van der Waals surface area contributed by atoms with E-state index >= 15 is 0 Å². The first-order valence-corrected chi connectivity index (χ1v) is 9.61. The summed E-state index contributed by atoms with van der Waals surface area (Å²) in [5.74, 6) is 0.204. The van der Waals surface area contributed by atoms with E-state index in [0.717, 1.165) is 35.4 Å². The molecule has 0 saturated carbocycles. The third-order valence-electron chi connectivity index (χ3n) is 4.98. The van der Waals surface area contributed by atoms with Gasteiger partial charge < -0.3 is 10.6 Å². The zero-order valence-corrected chi connectivity index (χ0v) is 19.3. The quantitative estimate of drug-likeness (QED) is 0.771. The Bertz CT molecular complexity index is 820. The molecule has 0 spiro atoms. The van der Waals surface area contributed by atoms with E-state index in [-0.39, 0.29) is 42.2 Å². The fourth-order valence-corrected chi connectivity index (χ4v) is 3.49. The van der Waals surface area contributed by atoms with Crippen LogP contribution in [0.1, 0.15) is 75.1 Å². The molecular weight excluding hydrogens is 397 g/mol. The maximum atomic E-state index is 13.0. The van der Waals surface area contributed by atoms with E-state index in [9.17, 15) is 4.79 Å². The molecule has 0 aliphatic carbocycles. The molecule has 3 heterocycles. The average molecular weight is 430 g/mol. The minimum atomic E-state index is -0.198. The first-order valence-electron chi connectivity index (χ1n) is 9.61. The first-order chi connectivity index (χ1) is 12.2. The molecule has 3 rings (SSSR count). The van der Waals surface area contributed by atoms with Crippen molar-refractivity contribution in [2.24, 2.45) is 0 Å². The van der Waals surface area contributed by atoms with Gasteiger partial charge in [-0.05, 0) is 59.1 Å². The lowest BCUT2D eigenvalue weighted by atomic mass is 10.0. The molecule has 1 aliphatic rings. The van der Waals surface area contributed by atoms with Gasteiger partial charge in [0.05, 0.1) is 22.2 Å². The molecule has 1 atom stereocenters. The minimum Gasteiger partial charge on any atom is -0.350 e. The Balaban J connectivity index is 0.00000196.